The molecule has 0 radical (unpaired) electrons. The molecule has 22 heavy (non-hydrogen) atoms. The Kier molecular flexibility index (Phi) is 6.89. The number of rotatable bonds is 6. The minimum absolute atomic E-state index is 0.0262. The van der Waals surface area contributed by atoms with Crippen molar-refractivity contribution in [2.24, 2.45) is 0 Å². The Bertz CT molecular complexity index is 404. The van der Waals surface area contributed by atoms with E-state index in [0.29, 0.717) is 6.42 Å². The lowest BCUT2D eigenvalue weighted by Crippen LogP contribution is -2.59. The molecule has 130 valence electrons. The van der Waals surface area contributed by atoms with E-state index in [-0.39, 0.29) is 22.1 Å². The van der Waals surface area contributed by atoms with Gasteiger partial charge in [-0.2, -0.15) is 0 Å². The van der Waals surface area contributed by atoms with Crippen LogP contribution in [0.5, 0.6) is 0 Å². The second-order valence-corrected chi connectivity index (χ2v) is 19.0. The van der Waals surface area contributed by atoms with Gasteiger partial charge in [-0.05, 0) is 29.6 Å². The summed E-state index contributed by atoms with van der Waals surface area (Å²) in [5, 5.41) is 0.196. The van der Waals surface area contributed by atoms with E-state index in [9.17, 15) is 4.79 Å². The summed E-state index contributed by atoms with van der Waals surface area (Å²) in [6.45, 7) is 25.7. The molecule has 0 bridgehead atoms. The predicted octanol–water partition coefficient (Wildman–Crippen LogP) is 5.07. The average molecular weight is 344 g/mol. The molecule has 5 heteroatoms. The third-order valence-electron chi connectivity index (χ3n) is 5.26. The van der Waals surface area contributed by atoms with E-state index in [4.69, 9.17) is 4.43 Å². The highest BCUT2D eigenvalue weighted by atomic mass is 28.4. The molecular formula is C17H37NO2Si2. The van der Waals surface area contributed by atoms with Crippen LogP contribution in [0.25, 0.3) is 0 Å². The SMILES string of the molecule is C=CCC(N[Si](C)(C)C(C)(C)C)C(=O)O[Si](C)(C)C(C)(C)C. The molecule has 1 unspecified atom stereocenters. The summed E-state index contributed by atoms with van der Waals surface area (Å²) in [5.74, 6) is -0.115. The van der Waals surface area contributed by atoms with E-state index >= 15 is 0 Å². The van der Waals surface area contributed by atoms with Crippen LogP contribution in [-0.2, 0) is 9.22 Å². The molecule has 0 aliphatic rings. The fraction of sp³-hybridized carbons (Fsp3) is 0.824. The van der Waals surface area contributed by atoms with Gasteiger partial charge in [0.05, 0.1) is 0 Å². The third-order valence-corrected chi connectivity index (χ3v) is 14.4. The largest absolute Gasteiger partial charge is 0.518 e. The highest BCUT2D eigenvalue weighted by Gasteiger charge is 2.43. The number of carbonyl (C=O) groups excluding carboxylic acids is 1. The van der Waals surface area contributed by atoms with Gasteiger partial charge in [0.1, 0.15) is 14.3 Å². The van der Waals surface area contributed by atoms with Crippen molar-refractivity contribution in [1.29, 1.82) is 0 Å². The molecule has 1 atom stereocenters. The molecule has 0 rings (SSSR count). The van der Waals surface area contributed by atoms with E-state index in [1.54, 1.807) is 6.08 Å². The first-order chi connectivity index (χ1) is 9.55. The lowest BCUT2D eigenvalue weighted by atomic mass is 10.2. The molecule has 0 aromatic rings. The Labute approximate surface area is 140 Å². The maximum Gasteiger partial charge on any atom is 0.309 e. The van der Waals surface area contributed by atoms with Crippen molar-refractivity contribution in [2.45, 2.75) is 90.3 Å². The number of nitrogens with one attached hydrogen (secondary N) is 1. The minimum Gasteiger partial charge on any atom is -0.518 e. The molecular weight excluding hydrogens is 306 g/mol. The van der Waals surface area contributed by atoms with Crippen LogP contribution in [0.4, 0.5) is 0 Å². The molecule has 3 nitrogen and oxygen atoms in total. The van der Waals surface area contributed by atoms with Crippen molar-refractivity contribution >= 4 is 22.5 Å². The van der Waals surface area contributed by atoms with Gasteiger partial charge in [-0.25, -0.2) is 0 Å². The van der Waals surface area contributed by atoms with Crippen LogP contribution >= 0.6 is 0 Å². The number of carbonyl (C=O) groups is 1. The first-order valence-electron chi connectivity index (χ1n) is 8.16. The summed E-state index contributed by atoms with van der Waals surface area (Å²) in [7, 11) is -3.86. The third kappa shape index (κ3) is 5.67. The monoisotopic (exact) mass is 343 g/mol. The maximum absolute atomic E-state index is 12.7. The lowest BCUT2D eigenvalue weighted by Gasteiger charge is -2.41. The summed E-state index contributed by atoms with van der Waals surface area (Å²) in [5.41, 5.74) is 0. The minimum atomic E-state index is -2.09. The van der Waals surface area contributed by atoms with E-state index in [1.165, 1.54) is 0 Å². The van der Waals surface area contributed by atoms with Crippen molar-refractivity contribution < 1.29 is 9.22 Å². The first kappa shape index (κ1) is 21.6. The Morgan fingerprint density at radius 1 is 1.09 bits per heavy atom. The van der Waals surface area contributed by atoms with E-state index in [2.05, 4.69) is 79.3 Å². The summed E-state index contributed by atoms with van der Waals surface area (Å²) >= 11 is 0. The Morgan fingerprint density at radius 2 is 1.55 bits per heavy atom. The number of hydrogen-bond donors (Lipinski definition) is 1. The molecule has 0 fully saturated rings. The first-order valence-corrected chi connectivity index (χ1v) is 14.1. The van der Waals surface area contributed by atoms with Gasteiger partial charge in [0.25, 0.3) is 8.32 Å². The smallest absolute Gasteiger partial charge is 0.309 e. The van der Waals surface area contributed by atoms with Gasteiger partial charge in [0.2, 0.25) is 0 Å². The fourth-order valence-corrected chi connectivity index (χ4v) is 4.00. The molecule has 0 aliphatic carbocycles. The van der Waals surface area contributed by atoms with E-state index in [1.807, 2.05) is 0 Å². The molecule has 0 amide bonds. The zero-order valence-corrected chi connectivity index (χ0v) is 18.4. The molecule has 0 heterocycles. The maximum atomic E-state index is 12.7. The standard InChI is InChI=1S/C17H37NO2Si2/c1-12-13-14(18-21(8,9)16(2,3)4)15(19)20-22(10,11)17(5,6)7/h12,14,18H,1,13H2,2-11H3. The van der Waals surface area contributed by atoms with Gasteiger partial charge in [0, 0.05) is 0 Å². The highest BCUT2D eigenvalue weighted by Crippen LogP contribution is 2.37. The molecule has 0 aliphatic heterocycles. The van der Waals surface area contributed by atoms with Crippen LogP contribution < -0.4 is 4.98 Å². The Morgan fingerprint density at radius 3 is 1.86 bits per heavy atom. The fourth-order valence-electron chi connectivity index (χ4n) is 1.51. The number of hydrogen-bond acceptors (Lipinski definition) is 3. The van der Waals surface area contributed by atoms with Gasteiger partial charge in [-0.15, -0.1) is 6.58 Å². The van der Waals surface area contributed by atoms with Gasteiger partial charge >= 0.3 is 5.97 Å². The van der Waals surface area contributed by atoms with Crippen LogP contribution in [0.15, 0.2) is 12.7 Å². The van der Waals surface area contributed by atoms with Gasteiger partial charge < -0.3 is 9.41 Å². The highest BCUT2D eigenvalue weighted by molar-refractivity contribution is 6.78. The lowest BCUT2D eigenvalue weighted by molar-refractivity contribution is -0.137. The summed E-state index contributed by atoms with van der Waals surface area (Å²) in [6.07, 6.45) is 2.41. The molecule has 0 spiro atoms. The van der Waals surface area contributed by atoms with Gasteiger partial charge in [0.15, 0.2) is 0 Å². The summed E-state index contributed by atoms with van der Waals surface area (Å²) in [6, 6.07) is -0.285. The molecule has 0 saturated heterocycles. The normalized spacial score (nSPS) is 15.4. The molecule has 0 aromatic heterocycles. The van der Waals surface area contributed by atoms with Crippen LogP contribution in [0.1, 0.15) is 48.0 Å². The van der Waals surface area contributed by atoms with E-state index in [0.717, 1.165) is 0 Å². The van der Waals surface area contributed by atoms with Crippen molar-refractivity contribution in [3.05, 3.63) is 12.7 Å². The molecule has 0 saturated carbocycles. The van der Waals surface area contributed by atoms with Gasteiger partial charge in [-0.1, -0.05) is 60.7 Å². The topological polar surface area (TPSA) is 38.3 Å². The van der Waals surface area contributed by atoms with Crippen molar-refractivity contribution in [3.8, 4) is 0 Å². The predicted molar refractivity (Wildman–Crippen MR) is 102 cm³/mol. The second kappa shape index (κ2) is 7.01. The van der Waals surface area contributed by atoms with E-state index < -0.39 is 16.6 Å². The van der Waals surface area contributed by atoms with Crippen molar-refractivity contribution in [1.82, 2.24) is 4.98 Å². The zero-order chi connectivity index (χ0) is 18.0. The molecule has 0 aromatic carbocycles. The van der Waals surface area contributed by atoms with Crippen molar-refractivity contribution in [3.63, 3.8) is 0 Å². The summed E-state index contributed by atoms with van der Waals surface area (Å²) in [4.78, 5) is 16.3. The summed E-state index contributed by atoms with van der Waals surface area (Å²) < 4.78 is 5.99. The van der Waals surface area contributed by atoms with Crippen LogP contribution in [0.2, 0.25) is 36.3 Å². The quantitative estimate of drug-likeness (QED) is 0.540. The Hall–Kier alpha value is -0.396. The second-order valence-electron chi connectivity index (χ2n) is 9.28. The Balaban J connectivity index is 5.20. The average Bonchev–Trinajstić information content (AvgIpc) is 2.24. The molecule has 1 N–H and O–H groups in total. The van der Waals surface area contributed by atoms with Crippen LogP contribution in [0.3, 0.4) is 0 Å². The van der Waals surface area contributed by atoms with Crippen molar-refractivity contribution in [2.75, 3.05) is 0 Å². The van der Waals surface area contributed by atoms with Gasteiger partial charge in [-0.3, -0.25) is 4.79 Å². The van der Waals surface area contributed by atoms with Crippen LogP contribution in [-0.4, -0.2) is 28.6 Å². The van der Waals surface area contributed by atoms with Crippen LogP contribution in [0, 0.1) is 0 Å². The zero-order valence-electron chi connectivity index (χ0n) is 16.4.